The van der Waals surface area contributed by atoms with E-state index in [9.17, 15) is 20.1 Å². The van der Waals surface area contributed by atoms with Crippen LogP contribution in [0.15, 0.2) is 48.5 Å². The molecule has 0 saturated heterocycles. The highest BCUT2D eigenvalue weighted by Crippen LogP contribution is 2.22. The van der Waals surface area contributed by atoms with E-state index >= 15 is 0 Å². The summed E-state index contributed by atoms with van der Waals surface area (Å²) in [5.74, 6) is -1.36. The van der Waals surface area contributed by atoms with Gasteiger partial charge in [0.1, 0.15) is 5.75 Å². The third-order valence-corrected chi connectivity index (χ3v) is 3.03. The second kappa shape index (κ2) is 4.75. The number of carbonyl (C=O) groups excluding carboxylic acids is 1. The van der Waals surface area contributed by atoms with Crippen molar-refractivity contribution >= 4 is 16.7 Å². The van der Waals surface area contributed by atoms with Crippen LogP contribution in [0.1, 0.15) is 10.4 Å². The topological polar surface area (TPSA) is 91.9 Å². The standard InChI is InChI=1S/C15H11NO5/c17-12-4-3-9-7-11(2-1-10(9)8-12)15(20)21-16-13(18)5-6-14(16)19/h1-8,17-19H. The van der Waals surface area contributed by atoms with Crippen molar-refractivity contribution in [2.24, 2.45) is 0 Å². The van der Waals surface area contributed by atoms with Crippen LogP contribution < -0.4 is 4.84 Å². The molecule has 0 saturated carbocycles. The number of nitrogens with zero attached hydrogens (tertiary/aromatic N) is 1. The van der Waals surface area contributed by atoms with E-state index in [2.05, 4.69) is 0 Å². The molecule has 0 unspecified atom stereocenters. The summed E-state index contributed by atoms with van der Waals surface area (Å²) >= 11 is 0. The van der Waals surface area contributed by atoms with E-state index < -0.39 is 5.97 Å². The Hall–Kier alpha value is -3.15. The van der Waals surface area contributed by atoms with Crippen LogP contribution in [0.4, 0.5) is 0 Å². The minimum Gasteiger partial charge on any atom is -0.508 e. The predicted octanol–water partition coefficient (Wildman–Crippen LogP) is 2.03. The Labute approximate surface area is 119 Å². The van der Waals surface area contributed by atoms with Gasteiger partial charge in [0.15, 0.2) is 0 Å². The van der Waals surface area contributed by atoms with Crippen molar-refractivity contribution in [2.75, 3.05) is 0 Å². The summed E-state index contributed by atoms with van der Waals surface area (Å²) in [4.78, 5) is 16.9. The van der Waals surface area contributed by atoms with Gasteiger partial charge in [0, 0.05) is 12.1 Å². The number of phenolic OH excluding ortho intramolecular Hbond substituents is 1. The van der Waals surface area contributed by atoms with Crippen LogP contribution >= 0.6 is 0 Å². The minimum absolute atomic E-state index is 0.139. The van der Waals surface area contributed by atoms with Crippen LogP contribution in [0.5, 0.6) is 17.5 Å². The van der Waals surface area contributed by atoms with E-state index in [1.807, 2.05) is 0 Å². The smallest absolute Gasteiger partial charge is 0.363 e. The molecule has 6 nitrogen and oxygen atoms in total. The molecule has 0 fully saturated rings. The third kappa shape index (κ3) is 2.34. The highest BCUT2D eigenvalue weighted by Gasteiger charge is 2.14. The first-order chi connectivity index (χ1) is 10.0. The summed E-state index contributed by atoms with van der Waals surface area (Å²) in [6, 6.07) is 12.0. The molecular formula is C15H11NO5. The molecule has 3 N–H and O–H groups in total. The summed E-state index contributed by atoms with van der Waals surface area (Å²) in [5, 5.41) is 29.8. The number of hydrogen-bond donors (Lipinski definition) is 3. The number of phenols is 1. The largest absolute Gasteiger partial charge is 0.508 e. The maximum absolute atomic E-state index is 12.0. The van der Waals surface area contributed by atoms with Crippen LogP contribution in [0, 0.1) is 0 Å². The molecule has 0 bridgehead atoms. The van der Waals surface area contributed by atoms with Gasteiger partial charge in [-0.1, -0.05) is 12.1 Å². The van der Waals surface area contributed by atoms with Crippen molar-refractivity contribution < 1.29 is 25.0 Å². The molecule has 0 aliphatic carbocycles. The number of carbonyl (C=O) groups is 1. The van der Waals surface area contributed by atoms with E-state index in [-0.39, 0.29) is 23.1 Å². The van der Waals surface area contributed by atoms with Crippen LogP contribution in [-0.4, -0.2) is 26.0 Å². The van der Waals surface area contributed by atoms with Crippen molar-refractivity contribution in [3.05, 3.63) is 54.1 Å². The number of aromatic nitrogens is 1. The molecule has 0 spiro atoms. The fraction of sp³-hybridized carbons (Fsp3) is 0. The van der Waals surface area contributed by atoms with Gasteiger partial charge in [-0.25, -0.2) is 4.79 Å². The Kier molecular flexibility index (Phi) is 2.91. The molecule has 0 atom stereocenters. The molecule has 2 aromatic carbocycles. The Morgan fingerprint density at radius 2 is 1.48 bits per heavy atom. The van der Waals surface area contributed by atoms with Gasteiger partial charge in [0.2, 0.25) is 11.8 Å². The van der Waals surface area contributed by atoms with Crippen molar-refractivity contribution in [1.29, 1.82) is 0 Å². The first-order valence-corrected chi connectivity index (χ1v) is 6.10. The van der Waals surface area contributed by atoms with Gasteiger partial charge in [-0.3, -0.25) is 0 Å². The maximum Gasteiger partial charge on any atom is 0.363 e. The lowest BCUT2D eigenvalue weighted by atomic mass is 10.1. The molecule has 21 heavy (non-hydrogen) atoms. The van der Waals surface area contributed by atoms with E-state index in [0.717, 1.165) is 10.8 Å². The van der Waals surface area contributed by atoms with E-state index in [1.54, 1.807) is 24.3 Å². The second-order valence-electron chi connectivity index (χ2n) is 4.47. The molecule has 0 radical (unpaired) electrons. The Bertz CT molecular complexity index is 818. The summed E-state index contributed by atoms with van der Waals surface area (Å²) in [6.07, 6.45) is 0. The zero-order chi connectivity index (χ0) is 15.0. The molecule has 0 amide bonds. The van der Waals surface area contributed by atoms with E-state index in [1.165, 1.54) is 24.3 Å². The highest BCUT2D eigenvalue weighted by atomic mass is 16.7. The molecule has 3 aromatic rings. The predicted molar refractivity (Wildman–Crippen MR) is 74.3 cm³/mol. The third-order valence-electron chi connectivity index (χ3n) is 3.03. The molecule has 0 aliphatic rings. The summed E-state index contributed by atoms with van der Waals surface area (Å²) in [5.41, 5.74) is 0.251. The Balaban J connectivity index is 1.93. The van der Waals surface area contributed by atoms with Crippen LogP contribution in [0.25, 0.3) is 10.8 Å². The van der Waals surface area contributed by atoms with Gasteiger partial charge in [-0.2, -0.15) is 0 Å². The zero-order valence-corrected chi connectivity index (χ0v) is 10.7. The lowest BCUT2D eigenvalue weighted by molar-refractivity contribution is 0.0382. The molecule has 1 heterocycles. The number of benzene rings is 2. The van der Waals surface area contributed by atoms with Gasteiger partial charge in [-0.05, 0) is 35.0 Å². The number of rotatable bonds is 2. The highest BCUT2D eigenvalue weighted by molar-refractivity contribution is 5.95. The number of hydrogen-bond acceptors (Lipinski definition) is 5. The summed E-state index contributed by atoms with van der Waals surface area (Å²) < 4.78 is 0.628. The van der Waals surface area contributed by atoms with Crippen molar-refractivity contribution in [3.63, 3.8) is 0 Å². The van der Waals surface area contributed by atoms with E-state index in [4.69, 9.17) is 4.84 Å². The van der Waals surface area contributed by atoms with Gasteiger partial charge in [0.25, 0.3) is 0 Å². The molecule has 0 aliphatic heterocycles. The molecule has 6 heteroatoms. The molecular weight excluding hydrogens is 274 g/mol. The molecule has 106 valence electrons. The number of fused-ring (bicyclic) bond motifs is 1. The first-order valence-electron chi connectivity index (χ1n) is 6.10. The molecule has 1 aromatic heterocycles. The second-order valence-corrected chi connectivity index (χ2v) is 4.47. The lowest BCUT2D eigenvalue weighted by Gasteiger charge is -2.07. The monoisotopic (exact) mass is 285 g/mol. The van der Waals surface area contributed by atoms with Crippen LogP contribution in [-0.2, 0) is 0 Å². The normalized spacial score (nSPS) is 10.7. The summed E-state index contributed by atoms with van der Waals surface area (Å²) in [6.45, 7) is 0. The quantitative estimate of drug-likeness (QED) is 0.670. The lowest BCUT2D eigenvalue weighted by Crippen LogP contribution is -2.19. The SMILES string of the molecule is O=C(On1c(O)ccc1O)c1ccc2cc(O)ccc2c1. The fourth-order valence-electron chi connectivity index (χ4n) is 1.99. The fourth-order valence-corrected chi connectivity index (χ4v) is 1.99. The summed E-state index contributed by atoms with van der Waals surface area (Å²) in [7, 11) is 0. The van der Waals surface area contributed by atoms with Gasteiger partial charge in [0.05, 0.1) is 5.56 Å². The van der Waals surface area contributed by atoms with Crippen LogP contribution in [0.2, 0.25) is 0 Å². The first kappa shape index (κ1) is 12.9. The van der Waals surface area contributed by atoms with Crippen LogP contribution in [0.3, 0.4) is 0 Å². The van der Waals surface area contributed by atoms with Crippen molar-refractivity contribution in [2.45, 2.75) is 0 Å². The molecule has 3 rings (SSSR count). The average Bonchev–Trinajstić information content (AvgIpc) is 2.78. The Morgan fingerprint density at radius 3 is 2.19 bits per heavy atom. The van der Waals surface area contributed by atoms with Crippen molar-refractivity contribution in [3.8, 4) is 17.5 Å². The average molecular weight is 285 g/mol. The number of aromatic hydroxyl groups is 3. The zero-order valence-electron chi connectivity index (χ0n) is 10.7. The Morgan fingerprint density at radius 1 is 0.857 bits per heavy atom. The van der Waals surface area contributed by atoms with Gasteiger partial charge in [-0.15, -0.1) is 4.73 Å². The van der Waals surface area contributed by atoms with Crippen molar-refractivity contribution in [1.82, 2.24) is 4.73 Å². The van der Waals surface area contributed by atoms with Gasteiger partial charge < -0.3 is 20.2 Å². The minimum atomic E-state index is -0.730. The van der Waals surface area contributed by atoms with E-state index in [0.29, 0.717) is 4.73 Å². The van der Waals surface area contributed by atoms with Gasteiger partial charge >= 0.3 is 5.97 Å². The maximum atomic E-state index is 12.0.